The van der Waals surface area contributed by atoms with Gasteiger partial charge in [-0.15, -0.1) is 0 Å². The number of aryl methyl sites for hydroxylation is 1. The van der Waals surface area contributed by atoms with Crippen LogP contribution in [0.1, 0.15) is 11.3 Å². The monoisotopic (exact) mass is 390 g/mol. The molecular formula is C21H18N4O4. The van der Waals surface area contributed by atoms with Crippen LogP contribution in [0, 0.1) is 6.92 Å². The van der Waals surface area contributed by atoms with Crippen molar-refractivity contribution in [2.24, 2.45) is 0 Å². The zero-order chi connectivity index (χ0) is 20.2. The summed E-state index contributed by atoms with van der Waals surface area (Å²) in [6.07, 6.45) is 3.07. The third-order valence-corrected chi connectivity index (χ3v) is 4.42. The molecule has 0 aliphatic heterocycles. The van der Waals surface area contributed by atoms with Crippen molar-refractivity contribution < 1.29 is 13.7 Å². The van der Waals surface area contributed by atoms with Crippen LogP contribution in [0.4, 0.5) is 0 Å². The van der Waals surface area contributed by atoms with Crippen LogP contribution < -0.4 is 10.9 Å². The second-order valence-electron chi connectivity index (χ2n) is 6.45. The maximum absolute atomic E-state index is 12.8. The number of benzene rings is 1. The molecule has 0 radical (unpaired) electrons. The molecular weight excluding hydrogens is 372 g/mol. The van der Waals surface area contributed by atoms with E-state index in [2.05, 4.69) is 15.5 Å². The standard InChI is InChI=1S/C21H18N4O4/c1-14-6-2-3-8-16(14)19-23-20(29-24-19)17-9-4-10-25(21(17)27)13-18(26)22-12-15-7-5-11-28-15/h2-11H,12-13H2,1H3,(H,22,26). The molecule has 0 aliphatic rings. The molecule has 146 valence electrons. The molecule has 4 rings (SSSR count). The number of carbonyl (C=O) groups is 1. The highest BCUT2D eigenvalue weighted by Gasteiger charge is 2.16. The van der Waals surface area contributed by atoms with Gasteiger partial charge < -0.3 is 18.8 Å². The summed E-state index contributed by atoms with van der Waals surface area (Å²) in [5, 5.41) is 6.70. The lowest BCUT2D eigenvalue weighted by atomic mass is 10.1. The van der Waals surface area contributed by atoms with Crippen molar-refractivity contribution in [3.8, 4) is 22.8 Å². The number of pyridine rings is 1. The summed E-state index contributed by atoms with van der Waals surface area (Å²) in [4.78, 5) is 29.3. The Labute approximate surface area is 165 Å². The molecule has 0 aliphatic carbocycles. The van der Waals surface area contributed by atoms with Crippen LogP contribution in [0.3, 0.4) is 0 Å². The number of amides is 1. The van der Waals surface area contributed by atoms with Crippen molar-refractivity contribution in [2.75, 3.05) is 0 Å². The minimum atomic E-state index is -0.388. The summed E-state index contributed by atoms with van der Waals surface area (Å²) in [7, 11) is 0. The van der Waals surface area contributed by atoms with Crippen molar-refractivity contribution in [3.63, 3.8) is 0 Å². The van der Waals surface area contributed by atoms with Crippen LogP contribution in [0.25, 0.3) is 22.8 Å². The highest BCUT2D eigenvalue weighted by atomic mass is 16.5. The summed E-state index contributed by atoms with van der Waals surface area (Å²) in [5.41, 5.74) is 1.67. The molecule has 0 saturated heterocycles. The van der Waals surface area contributed by atoms with Gasteiger partial charge in [-0.25, -0.2) is 0 Å². The first-order valence-electron chi connectivity index (χ1n) is 9.00. The van der Waals surface area contributed by atoms with Gasteiger partial charge in [0, 0.05) is 11.8 Å². The summed E-state index contributed by atoms with van der Waals surface area (Å²) >= 11 is 0. The van der Waals surface area contributed by atoms with Crippen molar-refractivity contribution in [3.05, 3.63) is 82.7 Å². The number of hydrogen-bond donors (Lipinski definition) is 1. The molecule has 1 N–H and O–H groups in total. The van der Waals surface area contributed by atoms with Crippen molar-refractivity contribution in [1.82, 2.24) is 20.0 Å². The topological polar surface area (TPSA) is 103 Å². The Hall–Kier alpha value is -3.94. The molecule has 0 fully saturated rings. The molecule has 3 aromatic heterocycles. The first kappa shape index (κ1) is 18.4. The summed E-state index contributed by atoms with van der Waals surface area (Å²) < 4.78 is 11.8. The van der Waals surface area contributed by atoms with Gasteiger partial charge in [-0.3, -0.25) is 9.59 Å². The number of nitrogens with zero attached hydrogens (tertiary/aromatic N) is 3. The van der Waals surface area contributed by atoms with Crippen molar-refractivity contribution >= 4 is 5.91 Å². The first-order chi connectivity index (χ1) is 14.1. The Morgan fingerprint density at radius 3 is 2.72 bits per heavy atom. The molecule has 0 saturated carbocycles. The van der Waals surface area contributed by atoms with Crippen LogP contribution >= 0.6 is 0 Å². The lowest BCUT2D eigenvalue weighted by molar-refractivity contribution is -0.121. The van der Waals surface area contributed by atoms with E-state index in [1.54, 1.807) is 24.3 Å². The molecule has 4 aromatic rings. The van der Waals surface area contributed by atoms with Crippen molar-refractivity contribution in [1.29, 1.82) is 0 Å². The molecule has 0 spiro atoms. The predicted octanol–water partition coefficient (Wildman–Crippen LogP) is 2.78. The summed E-state index contributed by atoms with van der Waals surface area (Å²) in [6.45, 7) is 2.07. The van der Waals surface area contributed by atoms with Gasteiger partial charge in [0.1, 0.15) is 17.9 Å². The van der Waals surface area contributed by atoms with Crippen molar-refractivity contribution in [2.45, 2.75) is 20.0 Å². The summed E-state index contributed by atoms with van der Waals surface area (Å²) in [5.74, 6) is 0.837. The Balaban J connectivity index is 1.53. The molecule has 8 heteroatoms. The Bertz CT molecular complexity index is 1190. The van der Waals surface area contributed by atoms with Gasteiger partial charge >= 0.3 is 0 Å². The highest BCUT2D eigenvalue weighted by Crippen LogP contribution is 2.22. The zero-order valence-electron chi connectivity index (χ0n) is 15.7. The normalized spacial score (nSPS) is 10.8. The Morgan fingerprint density at radius 2 is 1.93 bits per heavy atom. The third-order valence-electron chi connectivity index (χ3n) is 4.42. The molecule has 1 amide bonds. The second-order valence-corrected chi connectivity index (χ2v) is 6.45. The third kappa shape index (κ3) is 4.01. The van der Waals surface area contributed by atoms with E-state index >= 15 is 0 Å². The minimum Gasteiger partial charge on any atom is -0.467 e. The second kappa shape index (κ2) is 7.97. The number of carbonyl (C=O) groups excluding carboxylic acids is 1. The predicted molar refractivity (Wildman–Crippen MR) is 105 cm³/mol. The lowest BCUT2D eigenvalue weighted by Crippen LogP contribution is -2.32. The fourth-order valence-electron chi connectivity index (χ4n) is 2.90. The Morgan fingerprint density at radius 1 is 1.10 bits per heavy atom. The van der Waals surface area contributed by atoms with E-state index < -0.39 is 0 Å². The zero-order valence-corrected chi connectivity index (χ0v) is 15.7. The van der Waals surface area contributed by atoms with E-state index in [-0.39, 0.29) is 36.0 Å². The number of rotatable bonds is 6. The van der Waals surface area contributed by atoms with Crippen LogP contribution in [0.5, 0.6) is 0 Å². The highest BCUT2D eigenvalue weighted by molar-refractivity contribution is 5.75. The van der Waals surface area contributed by atoms with E-state index in [0.29, 0.717) is 11.6 Å². The van der Waals surface area contributed by atoms with Gasteiger partial charge in [0.15, 0.2) is 0 Å². The number of furan rings is 1. The van der Waals surface area contributed by atoms with E-state index in [1.807, 2.05) is 31.2 Å². The van der Waals surface area contributed by atoms with Crippen LogP contribution in [-0.2, 0) is 17.9 Å². The van der Waals surface area contributed by atoms with E-state index in [9.17, 15) is 9.59 Å². The molecule has 0 bridgehead atoms. The van der Waals surface area contributed by atoms with Crippen LogP contribution in [0.2, 0.25) is 0 Å². The molecule has 8 nitrogen and oxygen atoms in total. The van der Waals surface area contributed by atoms with Gasteiger partial charge in [0.2, 0.25) is 11.7 Å². The van der Waals surface area contributed by atoms with Crippen LogP contribution in [-0.4, -0.2) is 20.6 Å². The van der Waals surface area contributed by atoms with Gasteiger partial charge in [0.05, 0.1) is 12.8 Å². The SMILES string of the molecule is Cc1ccccc1-c1noc(-c2cccn(CC(=O)NCc3ccco3)c2=O)n1. The summed E-state index contributed by atoms with van der Waals surface area (Å²) in [6, 6.07) is 14.4. The average Bonchev–Trinajstić information content (AvgIpc) is 3.40. The maximum atomic E-state index is 12.8. The molecule has 0 atom stereocenters. The molecule has 1 aromatic carbocycles. The number of aromatic nitrogens is 3. The quantitative estimate of drug-likeness (QED) is 0.543. The fourth-order valence-corrected chi connectivity index (χ4v) is 2.90. The number of nitrogens with one attached hydrogen (secondary N) is 1. The van der Waals surface area contributed by atoms with E-state index in [1.165, 1.54) is 17.0 Å². The minimum absolute atomic E-state index is 0.110. The maximum Gasteiger partial charge on any atom is 0.263 e. The molecule has 3 heterocycles. The van der Waals surface area contributed by atoms with E-state index in [4.69, 9.17) is 8.94 Å². The lowest BCUT2D eigenvalue weighted by Gasteiger charge is -2.07. The van der Waals surface area contributed by atoms with E-state index in [0.717, 1.165) is 11.1 Å². The van der Waals surface area contributed by atoms with Gasteiger partial charge in [-0.2, -0.15) is 4.98 Å². The fraction of sp³-hybridized carbons (Fsp3) is 0.143. The largest absolute Gasteiger partial charge is 0.467 e. The smallest absolute Gasteiger partial charge is 0.263 e. The molecule has 0 unspecified atom stereocenters. The van der Waals surface area contributed by atoms with Gasteiger partial charge in [-0.1, -0.05) is 29.4 Å². The Kier molecular flexibility index (Phi) is 5.07. The van der Waals surface area contributed by atoms with Gasteiger partial charge in [0.25, 0.3) is 11.4 Å². The van der Waals surface area contributed by atoms with Gasteiger partial charge in [-0.05, 0) is 36.8 Å². The first-order valence-corrected chi connectivity index (χ1v) is 9.00. The molecule has 29 heavy (non-hydrogen) atoms. The average molecular weight is 390 g/mol. The van der Waals surface area contributed by atoms with Crippen LogP contribution in [0.15, 0.2) is 74.7 Å². The number of hydrogen-bond acceptors (Lipinski definition) is 6.